The normalized spacial score (nSPS) is 11.1. The van der Waals surface area contributed by atoms with Gasteiger partial charge in [-0.3, -0.25) is 0 Å². The van der Waals surface area contributed by atoms with Crippen LogP contribution in [0, 0.1) is 11.3 Å². The number of imidazole rings is 1. The highest BCUT2D eigenvalue weighted by Crippen LogP contribution is 2.18. The van der Waals surface area contributed by atoms with Gasteiger partial charge in [-0.15, -0.1) is 0 Å². The summed E-state index contributed by atoms with van der Waals surface area (Å²) in [5, 5.41) is 9.78. The summed E-state index contributed by atoms with van der Waals surface area (Å²) in [4.78, 5) is 15.7. The van der Waals surface area contributed by atoms with E-state index in [4.69, 9.17) is 10.00 Å². The third kappa shape index (κ3) is 3.37. The number of carbonyl (C=O) groups excluding carboxylic acids is 1. The summed E-state index contributed by atoms with van der Waals surface area (Å²) in [6.45, 7) is 3.99. The molecule has 1 aromatic heterocycles. The van der Waals surface area contributed by atoms with Crippen molar-refractivity contribution in [2.24, 2.45) is 7.05 Å². The molecule has 0 aliphatic rings. The molecule has 96 valence electrons. The van der Waals surface area contributed by atoms with E-state index in [1.165, 1.54) is 6.08 Å². The number of esters is 1. The Hall–Kier alpha value is -1.74. The average molecular weight is 265 g/mol. The molecule has 0 radical (unpaired) electrons. The molecule has 0 aliphatic carbocycles. The molecule has 1 rings (SSSR count). The number of nitriles is 1. The third-order valence-corrected chi connectivity index (χ3v) is 3.09. The lowest BCUT2D eigenvalue weighted by Gasteiger charge is -2.02. The van der Waals surface area contributed by atoms with Crippen molar-refractivity contribution in [1.82, 2.24) is 9.55 Å². The molecule has 0 N–H and O–H groups in total. The molecule has 0 fully saturated rings. The zero-order valence-electron chi connectivity index (χ0n) is 10.6. The van der Waals surface area contributed by atoms with Crippen LogP contribution in [-0.2, 0) is 16.6 Å². The van der Waals surface area contributed by atoms with Crippen molar-refractivity contribution in [2.75, 3.05) is 12.4 Å². The van der Waals surface area contributed by atoms with E-state index in [2.05, 4.69) is 4.98 Å². The van der Waals surface area contributed by atoms with E-state index in [9.17, 15) is 4.79 Å². The molecule has 0 amide bonds. The van der Waals surface area contributed by atoms with Gasteiger partial charge in [0.2, 0.25) is 0 Å². The zero-order valence-corrected chi connectivity index (χ0v) is 11.5. The van der Waals surface area contributed by atoms with Gasteiger partial charge in [-0.2, -0.15) is 5.26 Å². The Kier molecular flexibility index (Phi) is 5.46. The van der Waals surface area contributed by atoms with E-state index < -0.39 is 5.97 Å². The van der Waals surface area contributed by atoms with E-state index >= 15 is 0 Å². The summed E-state index contributed by atoms with van der Waals surface area (Å²) in [6, 6.07) is 1.84. The number of hydrogen-bond donors (Lipinski definition) is 0. The number of hydrogen-bond acceptors (Lipinski definition) is 5. The monoisotopic (exact) mass is 265 g/mol. The SMILES string of the molecule is CCOC(=O)/C(C#N)=C\c1cnc(SCC)n1C. The maximum atomic E-state index is 11.5. The minimum atomic E-state index is -0.606. The van der Waals surface area contributed by atoms with Gasteiger partial charge in [0.1, 0.15) is 11.6 Å². The van der Waals surface area contributed by atoms with E-state index in [1.807, 2.05) is 24.6 Å². The van der Waals surface area contributed by atoms with Crippen LogP contribution in [0.4, 0.5) is 0 Å². The number of rotatable bonds is 5. The van der Waals surface area contributed by atoms with Gasteiger partial charge in [-0.1, -0.05) is 18.7 Å². The van der Waals surface area contributed by atoms with Gasteiger partial charge < -0.3 is 9.30 Å². The van der Waals surface area contributed by atoms with Gasteiger partial charge >= 0.3 is 5.97 Å². The van der Waals surface area contributed by atoms with E-state index in [1.54, 1.807) is 24.9 Å². The van der Waals surface area contributed by atoms with Crippen LogP contribution in [0.2, 0.25) is 0 Å². The minimum Gasteiger partial charge on any atom is -0.462 e. The molecule has 0 saturated carbocycles. The summed E-state index contributed by atoms with van der Waals surface area (Å²) in [7, 11) is 1.84. The van der Waals surface area contributed by atoms with Crippen LogP contribution in [0.15, 0.2) is 16.9 Å². The lowest BCUT2D eigenvalue weighted by atomic mass is 10.2. The lowest BCUT2D eigenvalue weighted by molar-refractivity contribution is -0.137. The number of thioether (sulfide) groups is 1. The number of carbonyl (C=O) groups is 1. The Morgan fingerprint density at radius 3 is 2.94 bits per heavy atom. The topological polar surface area (TPSA) is 67.9 Å². The van der Waals surface area contributed by atoms with Crippen LogP contribution in [0.5, 0.6) is 0 Å². The van der Waals surface area contributed by atoms with Crippen LogP contribution in [0.1, 0.15) is 19.5 Å². The summed E-state index contributed by atoms with van der Waals surface area (Å²) in [6.07, 6.45) is 3.12. The molecule has 0 unspecified atom stereocenters. The smallest absolute Gasteiger partial charge is 0.348 e. The van der Waals surface area contributed by atoms with Crippen LogP contribution < -0.4 is 0 Å². The molecule has 1 heterocycles. The molecule has 6 heteroatoms. The Labute approximate surface area is 110 Å². The van der Waals surface area contributed by atoms with Crippen molar-refractivity contribution in [3.63, 3.8) is 0 Å². The van der Waals surface area contributed by atoms with Gasteiger partial charge in [-0.25, -0.2) is 9.78 Å². The van der Waals surface area contributed by atoms with Crippen molar-refractivity contribution in [2.45, 2.75) is 19.0 Å². The molecular weight excluding hydrogens is 250 g/mol. The van der Waals surface area contributed by atoms with Gasteiger partial charge in [-0.05, 0) is 18.8 Å². The molecule has 0 aliphatic heterocycles. The van der Waals surface area contributed by atoms with Crippen LogP contribution in [0.25, 0.3) is 6.08 Å². The van der Waals surface area contributed by atoms with Gasteiger partial charge in [0, 0.05) is 7.05 Å². The van der Waals surface area contributed by atoms with Crippen LogP contribution in [-0.4, -0.2) is 27.9 Å². The number of aromatic nitrogens is 2. The summed E-state index contributed by atoms with van der Waals surface area (Å²) < 4.78 is 6.63. The Morgan fingerprint density at radius 2 is 2.39 bits per heavy atom. The molecule has 5 nitrogen and oxygen atoms in total. The second kappa shape index (κ2) is 6.87. The van der Waals surface area contributed by atoms with E-state index in [0.29, 0.717) is 5.69 Å². The van der Waals surface area contributed by atoms with Crippen molar-refractivity contribution >= 4 is 23.8 Å². The molecule has 0 atom stereocenters. The third-order valence-electron chi connectivity index (χ3n) is 2.16. The molecule has 0 aromatic carbocycles. The van der Waals surface area contributed by atoms with Crippen molar-refractivity contribution in [3.8, 4) is 6.07 Å². The first-order valence-electron chi connectivity index (χ1n) is 5.57. The van der Waals surface area contributed by atoms with Crippen molar-refractivity contribution in [3.05, 3.63) is 17.5 Å². The van der Waals surface area contributed by atoms with Crippen molar-refractivity contribution in [1.29, 1.82) is 5.26 Å². The van der Waals surface area contributed by atoms with Crippen LogP contribution in [0.3, 0.4) is 0 Å². The highest BCUT2D eigenvalue weighted by molar-refractivity contribution is 7.99. The van der Waals surface area contributed by atoms with Crippen molar-refractivity contribution < 1.29 is 9.53 Å². The molecule has 0 bridgehead atoms. The molecule has 1 aromatic rings. The quantitative estimate of drug-likeness (QED) is 0.352. The first-order valence-corrected chi connectivity index (χ1v) is 6.56. The fraction of sp³-hybridized carbons (Fsp3) is 0.417. The Morgan fingerprint density at radius 1 is 1.67 bits per heavy atom. The summed E-state index contributed by atoms with van der Waals surface area (Å²) in [5.41, 5.74) is 0.684. The van der Waals surface area contributed by atoms with Crippen LogP contribution >= 0.6 is 11.8 Å². The molecule has 18 heavy (non-hydrogen) atoms. The van der Waals surface area contributed by atoms with Gasteiger partial charge in [0.15, 0.2) is 5.16 Å². The summed E-state index contributed by atoms with van der Waals surface area (Å²) >= 11 is 1.60. The Bertz CT molecular complexity index is 500. The lowest BCUT2D eigenvalue weighted by Crippen LogP contribution is -2.06. The molecule has 0 spiro atoms. The largest absolute Gasteiger partial charge is 0.462 e. The standard InChI is InChI=1S/C12H15N3O2S/c1-4-17-11(16)9(7-13)6-10-8-14-12(15(10)3)18-5-2/h6,8H,4-5H2,1-3H3/b9-6-. The van der Waals surface area contributed by atoms with Gasteiger partial charge in [0.05, 0.1) is 18.5 Å². The molecule has 0 saturated heterocycles. The predicted octanol–water partition coefficient (Wildman–Crippen LogP) is 2.00. The second-order valence-corrected chi connectivity index (χ2v) is 4.58. The molecular formula is C12H15N3O2S. The number of ether oxygens (including phenoxy) is 1. The Balaban J connectivity index is 3.00. The number of nitrogens with zero attached hydrogens (tertiary/aromatic N) is 3. The van der Waals surface area contributed by atoms with E-state index in [0.717, 1.165) is 10.9 Å². The zero-order chi connectivity index (χ0) is 13.5. The average Bonchev–Trinajstić information content (AvgIpc) is 2.69. The fourth-order valence-electron chi connectivity index (χ4n) is 1.30. The fourth-order valence-corrected chi connectivity index (χ4v) is 1.98. The highest BCUT2D eigenvalue weighted by atomic mass is 32.2. The first kappa shape index (κ1) is 14.3. The van der Waals surface area contributed by atoms with Gasteiger partial charge in [0.25, 0.3) is 0 Å². The maximum Gasteiger partial charge on any atom is 0.348 e. The highest BCUT2D eigenvalue weighted by Gasteiger charge is 2.12. The predicted molar refractivity (Wildman–Crippen MR) is 69.8 cm³/mol. The van der Waals surface area contributed by atoms with E-state index in [-0.39, 0.29) is 12.2 Å². The maximum absolute atomic E-state index is 11.5. The summed E-state index contributed by atoms with van der Waals surface area (Å²) in [5.74, 6) is 0.308. The minimum absolute atomic E-state index is 0.0205. The second-order valence-electron chi connectivity index (χ2n) is 3.35. The first-order chi connectivity index (χ1) is 8.63.